The number of hydrogen-bond donors (Lipinski definition) is 1. The molecular weight excluding hydrogens is 468 g/mol. The molecule has 4 heterocycles. The summed E-state index contributed by atoms with van der Waals surface area (Å²) in [5.41, 5.74) is 2.39. The third kappa shape index (κ3) is 5.59. The van der Waals surface area contributed by atoms with Gasteiger partial charge in [-0.2, -0.15) is 10.1 Å². The van der Waals surface area contributed by atoms with Crippen molar-refractivity contribution in [3.05, 3.63) is 89.6 Å². The van der Waals surface area contributed by atoms with Crippen LogP contribution in [0.1, 0.15) is 12.5 Å². The summed E-state index contributed by atoms with van der Waals surface area (Å²) in [6, 6.07) is 13.6. The first kappa shape index (κ1) is 24.4. The number of pyridine rings is 1. The molecule has 1 aliphatic heterocycles. The topological polar surface area (TPSA) is 101 Å². The highest BCUT2D eigenvalue weighted by atomic mass is 16.2. The lowest BCUT2D eigenvalue weighted by molar-refractivity contribution is -0.128. The fraction of sp³-hybridized carbons (Fsp3) is 0.296. The van der Waals surface area contributed by atoms with Gasteiger partial charge in [0.2, 0.25) is 11.9 Å². The predicted molar refractivity (Wildman–Crippen MR) is 143 cm³/mol. The standard InChI is InChI=1S/C27H30N8O2/c1-3-24(36)33-12-11-32(20(2)17-33)13-14-35-25(37)10-9-22-15-28-27(31-26(22)35)30-23-16-29-34(19-23)18-21-7-5-4-6-8-21/h3-10,15-16,19-20H,1,11-14,17-18H2,2H3,(H,28,30,31)/t20-/m0/s1. The Morgan fingerprint density at radius 1 is 1.14 bits per heavy atom. The summed E-state index contributed by atoms with van der Waals surface area (Å²) in [5, 5.41) is 8.42. The number of carbonyl (C=O) groups is 1. The average molecular weight is 499 g/mol. The van der Waals surface area contributed by atoms with Crippen molar-refractivity contribution >= 4 is 28.6 Å². The summed E-state index contributed by atoms with van der Waals surface area (Å²) >= 11 is 0. The molecule has 1 aromatic carbocycles. The third-order valence-electron chi connectivity index (χ3n) is 6.66. The summed E-state index contributed by atoms with van der Waals surface area (Å²) in [4.78, 5) is 38.0. The van der Waals surface area contributed by atoms with Gasteiger partial charge in [-0.1, -0.05) is 36.9 Å². The maximum atomic E-state index is 12.8. The Hall–Kier alpha value is -4.31. The van der Waals surface area contributed by atoms with Crippen molar-refractivity contribution in [1.29, 1.82) is 0 Å². The van der Waals surface area contributed by atoms with Crippen LogP contribution in [-0.4, -0.2) is 72.2 Å². The highest BCUT2D eigenvalue weighted by Crippen LogP contribution is 2.17. The molecule has 0 radical (unpaired) electrons. The number of fused-ring (bicyclic) bond motifs is 1. The second kappa shape index (κ2) is 10.8. The van der Waals surface area contributed by atoms with E-state index in [1.165, 1.54) is 6.08 Å². The van der Waals surface area contributed by atoms with E-state index < -0.39 is 0 Å². The quantitative estimate of drug-likeness (QED) is 0.373. The van der Waals surface area contributed by atoms with Gasteiger partial charge in [-0.25, -0.2) is 4.98 Å². The van der Waals surface area contributed by atoms with E-state index in [-0.39, 0.29) is 17.5 Å². The number of nitrogens with one attached hydrogen (secondary N) is 1. The molecule has 1 atom stereocenters. The molecule has 0 saturated carbocycles. The lowest BCUT2D eigenvalue weighted by Crippen LogP contribution is -2.54. The minimum absolute atomic E-state index is 0.0425. The van der Waals surface area contributed by atoms with Gasteiger partial charge in [0.15, 0.2) is 0 Å². The van der Waals surface area contributed by atoms with E-state index in [2.05, 4.69) is 50.9 Å². The van der Waals surface area contributed by atoms with Gasteiger partial charge in [0.05, 0.1) is 18.4 Å². The van der Waals surface area contributed by atoms with Crippen LogP contribution in [0.3, 0.4) is 0 Å². The van der Waals surface area contributed by atoms with Crippen LogP contribution in [0.2, 0.25) is 0 Å². The van der Waals surface area contributed by atoms with E-state index >= 15 is 0 Å². The second-order valence-corrected chi connectivity index (χ2v) is 9.21. The number of nitrogens with zero attached hydrogens (tertiary/aromatic N) is 7. The normalized spacial score (nSPS) is 16.1. The Labute approximate surface area is 214 Å². The maximum absolute atomic E-state index is 12.8. The first-order valence-corrected chi connectivity index (χ1v) is 12.4. The molecular formula is C27H30N8O2. The van der Waals surface area contributed by atoms with Crippen LogP contribution in [-0.2, 0) is 17.9 Å². The highest BCUT2D eigenvalue weighted by molar-refractivity contribution is 5.87. The van der Waals surface area contributed by atoms with E-state index in [4.69, 9.17) is 0 Å². The number of piperazine rings is 1. The molecule has 10 nitrogen and oxygen atoms in total. The number of aromatic nitrogens is 5. The molecule has 5 rings (SSSR count). The van der Waals surface area contributed by atoms with Gasteiger partial charge in [-0.05, 0) is 24.6 Å². The predicted octanol–water partition coefficient (Wildman–Crippen LogP) is 2.50. The molecule has 1 saturated heterocycles. The Balaban J connectivity index is 1.30. The summed E-state index contributed by atoms with van der Waals surface area (Å²) in [6.45, 7) is 9.53. The monoisotopic (exact) mass is 498 g/mol. The van der Waals surface area contributed by atoms with Crippen LogP contribution in [0.15, 0.2) is 78.5 Å². The van der Waals surface area contributed by atoms with Crippen LogP contribution in [0.5, 0.6) is 0 Å². The van der Waals surface area contributed by atoms with E-state index in [0.717, 1.165) is 23.2 Å². The van der Waals surface area contributed by atoms with Gasteiger partial charge in [0.1, 0.15) is 5.65 Å². The fourth-order valence-corrected chi connectivity index (χ4v) is 4.65. The van der Waals surface area contributed by atoms with Crippen molar-refractivity contribution < 1.29 is 4.79 Å². The van der Waals surface area contributed by atoms with Crippen LogP contribution >= 0.6 is 0 Å². The number of benzene rings is 1. The van der Waals surface area contributed by atoms with Gasteiger partial charge in [-0.3, -0.25) is 23.7 Å². The Bertz CT molecular complexity index is 1460. The van der Waals surface area contributed by atoms with Crippen LogP contribution in [0, 0.1) is 0 Å². The molecule has 1 fully saturated rings. The smallest absolute Gasteiger partial charge is 0.252 e. The van der Waals surface area contributed by atoms with E-state index in [9.17, 15) is 9.59 Å². The zero-order chi connectivity index (χ0) is 25.8. The minimum atomic E-state index is -0.110. The third-order valence-corrected chi connectivity index (χ3v) is 6.66. The summed E-state index contributed by atoms with van der Waals surface area (Å²) in [7, 11) is 0. The number of amides is 1. The van der Waals surface area contributed by atoms with Crippen molar-refractivity contribution in [2.75, 3.05) is 31.5 Å². The molecule has 0 unspecified atom stereocenters. The summed E-state index contributed by atoms with van der Waals surface area (Å²) in [5.74, 6) is 0.357. The number of hydrogen-bond acceptors (Lipinski definition) is 7. The zero-order valence-corrected chi connectivity index (χ0v) is 20.8. The van der Waals surface area contributed by atoms with Gasteiger partial charge in [0, 0.05) is 62.6 Å². The Morgan fingerprint density at radius 3 is 2.76 bits per heavy atom. The molecule has 0 aliphatic carbocycles. The summed E-state index contributed by atoms with van der Waals surface area (Å²) in [6.07, 6.45) is 6.71. The largest absolute Gasteiger partial charge is 0.336 e. The van der Waals surface area contributed by atoms with Gasteiger partial charge < -0.3 is 10.2 Å². The van der Waals surface area contributed by atoms with Gasteiger partial charge in [0.25, 0.3) is 5.56 Å². The minimum Gasteiger partial charge on any atom is -0.336 e. The fourth-order valence-electron chi connectivity index (χ4n) is 4.65. The van der Waals surface area contributed by atoms with E-state index in [0.29, 0.717) is 44.3 Å². The van der Waals surface area contributed by atoms with Crippen LogP contribution in [0.25, 0.3) is 11.0 Å². The first-order valence-electron chi connectivity index (χ1n) is 12.4. The molecule has 0 bridgehead atoms. The average Bonchev–Trinajstić information content (AvgIpc) is 3.35. The second-order valence-electron chi connectivity index (χ2n) is 9.21. The van der Waals surface area contributed by atoms with E-state index in [1.54, 1.807) is 29.1 Å². The van der Waals surface area contributed by atoms with Gasteiger partial charge >= 0.3 is 0 Å². The lowest BCUT2D eigenvalue weighted by atomic mass is 10.2. The van der Waals surface area contributed by atoms with E-state index in [1.807, 2.05) is 34.0 Å². The van der Waals surface area contributed by atoms with Crippen LogP contribution < -0.4 is 10.9 Å². The van der Waals surface area contributed by atoms with Crippen molar-refractivity contribution in [2.45, 2.75) is 26.1 Å². The Morgan fingerprint density at radius 2 is 1.97 bits per heavy atom. The maximum Gasteiger partial charge on any atom is 0.252 e. The molecule has 10 heteroatoms. The Kier molecular flexibility index (Phi) is 7.09. The highest BCUT2D eigenvalue weighted by Gasteiger charge is 2.25. The number of rotatable bonds is 8. The molecule has 0 spiro atoms. The molecule has 37 heavy (non-hydrogen) atoms. The molecule has 1 N–H and O–H groups in total. The van der Waals surface area contributed by atoms with Crippen molar-refractivity contribution in [3.63, 3.8) is 0 Å². The number of anilines is 2. The molecule has 3 aromatic heterocycles. The van der Waals surface area contributed by atoms with Crippen molar-refractivity contribution in [3.8, 4) is 0 Å². The van der Waals surface area contributed by atoms with Crippen molar-refractivity contribution in [1.82, 2.24) is 34.1 Å². The molecule has 1 amide bonds. The lowest BCUT2D eigenvalue weighted by Gasteiger charge is -2.39. The zero-order valence-electron chi connectivity index (χ0n) is 20.8. The SMILES string of the molecule is C=CC(=O)N1CCN(CCn2c(=O)ccc3cnc(Nc4cnn(Cc5ccccc5)c4)nc32)[C@@H](C)C1. The molecule has 1 aliphatic rings. The molecule has 190 valence electrons. The molecule has 4 aromatic rings. The van der Waals surface area contributed by atoms with Crippen LogP contribution in [0.4, 0.5) is 11.6 Å². The van der Waals surface area contributed by atoms with Gasteiger partial charge in [-0.15, -0.1) is 0 Å². The number of carbonyl (C=O) groups excluding carboxylic acids is 1. The first-order chi connectivity index (χ1) is 18.0. The summed E-state index contributed by atoms with van der Waals surface area (Å²) < 4.78 is 3.53. The van der Waals surface area contributed by atoms with Crippen molar-refractivity contribution in [2.24, 2.45) is 0 Å².